The summed E-state index contributed by atoms with van der Waals surface area (Å²) in [4.78, 5) is 0. The summed E-state index contributed by atoms with van der Waals surface area (Å²) in [6, 6.07) is 4.73. The molecule has 4 heteroatoms. The number of aromatic hydroxyl groups is 2. The fourth-order valence-electron chi connectivity index (χ4n) is 2.46. The van der Waals surface area contributed by atoms with Crippen LogP contribution in [-0.2, 0) is 4.74 Å². The predicted octanol–water partition coefficient (Wildman–Crippen LogP) is 2.17. The summed E-state index contributed by atoms with van der Waals surface area (Å²) in [7, 11) is 0. The van der Waals surface area contributed by atoms with E-state index in [4.69, 9.17) is 4.74 Å². The Morgan fingerprint density at radius 2 is 2.06 bits per heavy atom. The van der Waals surface area contributed by atoms with Crippen molar-refractivity contribution in [1.29, 1.82) is 0 Å². The first-order valence-corrected chi connectivity index (χ1v) is 6.45. The van der Waals surface area contributed by atoms with Crippen LogP contribution in [0.15, 0.2) is 18.2 Å². The molecule has 1 aromatic carbocycles. The molecule has 3 atom stereocenters. The number of hydrogen-bond donors (Lipinski definition) is 3. The van der Waals surface area contributed by atoms with Crippen molar-refractivity contribution in [2.24, 2.45) is 5.92 Å². The highest BCUT2D eigenvalue weighted by atomic mass is 16.5. The van der Waals surface area contributed by atoms with Gasteiger partial charge < -0.3 is 20.3 Å². The number of phenolic OH excluding ortho intramolecular Hbond substituents is 2. The minimum absolute atomic E-state index is 0.0843. The number of nitrogens with one attached hydrogen (secondary N) is 1. The van der Waals surface area contributed by atoms with Gasteiger partial charge in [0.1, 0.15) is 11.5 Å². The minimum atomic E-state index is -0.0843. The Bertz CT molecular complexity index is 388. The zero-order valence-electron chi connectivity index (χ0n) is 10.9. The second kappa shape index (κ2) is 5.59. The second-order valence-corrected chi connectivity index (χ2v) is 4.96. The van der Waals surface area contributed by atoms with Gasteiger partial charge in [-0.2, -0.15) is 0 Å². The zero-order chi connectivity index (χ0) is 13.1. The Hall–Kier alpha value is -1.26. The standard InChI is InChI=1S/C14H21NO3/c1-9(14-12(16)4-3-5-13(14)17)15-8-11-6-7-18-10(11)2/h3-5,9-11,15-17H,6-8H2,1-2H3. The van der Waals surface area contributed by atoms with Crippen LogP contribution < -0.4 is 5.32 Å². The maximum absolute atomic E-state index is 9.78. The van der Waals surface area contributed by atoms with Crippen molar-refractivity contribution in [2.45, 2.75) is 32.4 Å². The largest absolute Gasteiger partial charge is 0.507 e. The Kier molecular flexibility index (Phi) is 4.09. The number of hydrogen-bond acceptors (Lipinski definition) is 4. The first-order chi connectivity index (χ1) is 8.59. The van der Waals surface area contributed by atoms with E-state index in [0.717, 1.165) is 19.6 Å². The molecule has 1 aliphatic rings. The molecular formula is C14H21NO3. The summed E-state index contributed by atoms with van der Waals surface area (Å²) in [5.74, 6) is 0.761. The molecule has 1 heterocycles. The van der Waals surface area contributed by atoms with Crippen LogP contribution in [0.25, 0.3) is 0 Å². The van der Waals surface area contributed by atoms with Gasteiger partial charge in [-0.25, -0.2) is 0 Å². The molecule has 4 nitrogen and oxygen atoms in total. The highest BCUT2D eigenvalue weighted by Crippen LogP contribution is 2.32. The molecule has 0 radical (unpaired) electrons. The van der Waals surface area contributed by atoms with Crippen LogP contribution in [0.5, 0.6) is 11.5 Å². The molecule has 0 aromatic heterocycles. The molecule has 0 spiro atoms. The van der Waals surface area contributed by atoms with E-state index < -0.39 is 0 Å². The Morgan fingerprint density at radius 1 is 1.39 bits per heavy atom. The summed E-state index contributed by atoms with van der Waals surface area (Å²) >= 11 is 0. The van der Waals surface area contributed by atoms with Crippen LogP contribution in [0.2, 0.25) is 0 Å². The molecule has 0 bridgehead atoms. The summed E-state index contributed by atoms with van der Waals surface area (Å²) in [5.41, 5.74) is 0.559. The van der Waals surface area contributed by atoms with E-state index in [2.05, 4.69) is 12.2 Å². The molecule has 1 saturated heterocycles. The first-order valence-electron chi connectivity index (χ1n) is 6.45. The summed E-state index contributed by atoms with van der Waals surface area (Å²) in [6.07, 6.45) is 1.34. The lowest BCUT2D eigenvalue weighted by Gasteiger charge is -2.20. The van der Waals surface area contributed by atoms with E-state index in [1.807, 2.05) is 6.92 Å². The molecule has 3 N–H and O–H groups in total. The van der Waals surface area contributed by atoms with Crippen LogP contribution >= 0.6 is 0 Å². The maximum Gasteiger partial charge on any atom is 0.124 e. The van der Waals surface area contributed by atoms with Gasteiger partial charge in [0.25, 0.3) is 0 Å². The fraction of sp³-hybridized carbons (Fsp3) is 0.571. The summed E-state index contributed by atoms with van der Waals surface area (Å²) < 4.78 is 5.51. The van der Waals surface area contributed by atoms with Crippen LogP contribution in [0.4, 0.5) is 0 Å². The second-order valence-electron chi connectivity index (χ2n) is 4.96. The van der Waals surface area contributed by atoms with Crippen molar-refractivity contribution in [2.75, 3.05) is 13.2 Å². The molecule has 0 saturated carbocycles. The smallest absolute Gasteiger partial charge is 0.124 e. The third kappa shape index (κ3) is 2.76. The number of benzene rings is 1. The van der Waals surface area contributed by atoms with E-state index in [-0.39, 0.29) is 23.6 Å². The fourth-order valence-corrected chi connectivity index (χ4v) is 2.46. The molecule has 18 heavy (non-hydrogen) atoms. The molecule has 100 valence electrons. The minimum Gasteiger partial charge on any atom is -0.507 e. The van der Waals surface area contributed by atoms with Gasteiger partial charge in [0.05, 0.1) is 11.7 Å². The van der Waals surface area contributed by atoms with Gasteiger partial charge >= 0.3 is 0 Å². The van der Waals surface area contributed by atoms with Crippen molar-refractivity contribution in [3.63, 3.8) is 0 Å². The molecule has 1 aliphatic heterocycles. The lowest BCUT2D eigenvalue weighted by molar-refractivity contribution is 0.105. The van der Waals surface area contributed by atoms with Gasteiger partial charge in [-0.15, -0.1) is 0 Å². The highest BCUT2D eigenvalue weighted by molar-refractivity contribution is 5.44. The van der Waals surface area contributed by atoms with Crippen molar-refractivity contribution in [1.82, 2.24) is 5.32 Å². The molecule has 2 rings (SSSR count). The summed E-state index contributed by atoms with van der Waals surface area (Å²) in [5, 5.41) is 22.9. The molecule has 3 unspecified atom stereocenters. The SMILES string of the molecule is CC(NCC1CCOC1C)c1c(O)cccc1O. The van der Waals surface area contributed by atoms with Gasteiger partial charge in [0.2, 0.25) is 0 Å². The topological polar surface area (TPSA) is 61.7 Å². The third-order valence-electron chi connectivity index (χ3n) is 3.71. The van der Waals surface area contributed by atoms with E-state index in [1.54, 1.807) is 18.2 Å². The Balaban J connectivity index is 1.97. The maximum atomic E-state index is 9.78. The highest BCUT2D eigenvalue weighted by Gasteiger charge is 2.25. The van der Waals surface area contributed by atoms with Crippen molar-refractivity contribution < 1.29 is 14.9 Å². The van der Waals surface area contributed by atoms with Crippen LogP contribution in [0.3, 0.4) is 0 Å². The monoisotopic (exact) mass is 251 g/mol. The van der Waals surface area contributed by atoms with Crippen LogP contribution in [0.1, 0.15) is 31.9 Å². The van der Waals surface area contributed by atoms with Crippen LogP contribution in [-0.4, -0.2) is 29.5 Å². The van der Waals surface area contributed by atoms with E-state index >= 15 is 0 Å². The molecule has 0 aliphatic carbocycles. The van der Waals surface area contributed by atoms with E-state index in [9.17, 15) is 10.2 Å². The lowest BCUT2D eigenvalue weighted by atomic mass is 10.0. The van der Waals surface area contributed by atoms with E-state index in [0.29, 0.717) is 11.5 Å². The molecule has 1 aromatic rings. The first kappa shape index (κ1) is 13.2. The van der Waals surface area contributed by atoms with Gasteiger partial charge in [0, 0.05) is 19.2 Å². The molecular weight excluding hydrogens is 230 g/mol. The van der Waals surface area contributed by atoms with E-state index in [1.165, 1.54) is 0 Å². The van der Waals surface area contributed by atoms with Gasteiger partial charge in [0.15, 0.2) is 0 Å². The van der Waals surface area contributed by atoms with Gasteiger partial charge in [-0.3, -0.25) is 0 Å². The number of phenols is 2. The Labute approximate surface area is 108 Å². The Morgan fingerprint density at radius 3 is 2.61 bits per heavy atom. The third-order valence-corrected chi connectivity index (χ3v) is 3.71. The number of ether oxygens (including phenoxy) is 1. The quantitative estimate of drug-likeness (QED) is 0.767. The average Bonchev–Trinajstić information content (AvgIpc) is 2.72. The average molecular weight is 251 g/mol. The van der Waals surface area contributed by atoms with Crippen molar-refractivity contribution in [3.05, 3.63) is 23.8 Å². The number of rotatable bonds is 4. The van der Waals surface area contributed by atoms with Gasteiger partial charge in [-0.1, -0.05) is 6.07 Å². The lowest BCUT2D eigenvalue weighted by Crippen LogP contribution is -2.29. The van der Waals surface area contributed by atoms with Crippen LogP contribution in [0, 0.1) is 5.92 Å². The molecule has 1 fully saturated rings. The van der Waals surface area contributed by atoms with Crippen molar-refractivity contribution >= 4 is 0 Å². The molecule has 0 amide bonds. The predicted molar refractivity (Wildman–Crippen MR) is 69.7 cm³/mol. The zero-order valence-corrected chi connectivity index (χ0v) is 10.9. The normalized spacial score (nSPS) is 25.2. The van der Waals surface area contributed by atoms with Crippen molar-refractivity contribution in [3.8, 4) is 11.5 Å². The summed E-state index contributed by atoms with van der Waals surface area (Å²) in [6.45, 7) is 5.68. The van der Waals surface area contributed by atoms with Gasteiger partial charge in [-0.05, 0) is 38.3 Å².